The topological polar surface area (TPSA) is 122 Å². The number of aromatic nitrogens is 4. The van der Waals surface area contributed by atoms with Gasteiger partial charge in [-0.15, -0.1) is 0 Å². The number of nitrogens with one attached hydrogen (secondary N) is 1. The second kappa shape index (κ2) is 10.5. The zero-order chi connectivity index (χ0) is 26.9. The van der Waals surface area contributed by atoms with Crippen LogP contribution in [0, 0.1) is 11.7 Å². The summed E-state index contributed by atoms with van der Waals surface area (Å²) in [4.78, 5) is 43.9. The quantitative estimate of drug-likeness (QED) is 0.477. The van der Waals surface area contributed by atoms with Crippen molar-refractivity contribution in [1.82, 2.24) is 29.5 Å². The molecule has 10 nitrogen and oxygen atoms in total. The molecule has 1 aliphatic carbocycles. The summed E-state index contributed by atoms with van der Waals surface area (Å²) in [6.07, 6.45) is 7.72. The van der Waals surface area contributed by atoms with Gasteiger partial charge in [0.15, 0.2) is 5.65 Å². The molecule has 2 aromatic heterocycles. The third-order valence-electron chi connectivity index (χ3n) is 7.70. The molecule has 38 heavy (non-hydrogen) atoms. The van der Waals surface area contributed by atoms with Crippen molar-refractivity contribution in [2.45, 2.75) is 56.7 Å². The van der Waals surface area contributed by atoms with Crippen molar-refractivity contribution in [3.05, 3.63) is 65.6 Å². The number of hydrogen-bond donors (Lipinski definition) is 2. The van der Waals surface area contributed by atoms with Crippen LogP contribution in [0.1, 0.15) is 38.5 Å². The molecule has 3 heterocycles. The Morgan fingerprint density at radius 1 is 1.16 bits per heavy atom. The maximum absolute atomic E-state index is 13.3. The molecular weight excluding hydrogens is 491 g/mol. The van der Waals surface area contributed by atoms with Gasteiger partial charge in [-0.05, 0) is 68.9 Å². The molecule has 1 saturated heterocycles. The number of rotatable bonds is 6. The average Bonchev–Trinajstić information content (AvgIpc) is 3.36. The first-order chi connectivity index (χ1) is 18.3. The van der Waals surface area contributed by atoms with Crippen molar-refractivity contribution in [2.75, 3.05) is 13.1 Å². The molecule has 2 amide bonds. The number of piperidine rings is 1. The monoisotopic (exact) mass is 522 g/mol. The Morgan fingerprint density at radius 2 is 1.84 bits per heavy atom. The van der Waals surface area contributed by atoms with E-state index in [0.717, 1.165) is 12.8 Å². The smallest absolute Gasteiger partial charge is 0.264 e. The molecule has 1 aliphatic heterocycles. The fraction of sp³-hybridized carbons (Fsp3) is 0.444. The van der Waals surface area contributed by atoms with Crippen LogP contribution in [-0.2, 0) is 16.1 Å². The molecule has 0 spiro atoms. The minimum Gasteiger partial charge on any atom is -0.388 e. The van der Waals surface area contributed by atoms with E-state index in [0.29, 0.717) is 55.5 Å². The van der Waals surface area contributed by atoms with E-state index in [4.69, 9.17) is 0 Å². The number of likely N-dealkylation sites (tertiary alicyclic amines) is 1. The largest absolute Gasteiger partial charge is 0.388 e. The Bertz CT molecular complexity index is 1400. The van der Waals surface area contributed by atoms with Crippen molar-refractivity contribution in [3.63, 3.8) is 0 Å². The van der Waals surface area contributed by atoms with Gasteiger partial charge < -0.3 is 15.3 Å². The van der Waals surface area contributed by atoms with Crippen LogP contribution < -0.4 is 10.9 Å². The predicted octanol–water partition coefficient (Wildman–Crippen LogP) is 1.94. The molecule has 0 bridgehead atoms. The highest BCUT2D eigenvalue weighted by Gasteiger charge is 2.37. The van der Waals surface area contributed by atoms with Crippen LogP contribution >= 0.6 is 0 Å². The highest BCUT2D eigenvalue weighted by Crippen LogP contribution is 2.30. The Balaban J connectivity index is 1.20. The highest BCUT2D eigenvalue weighted by molar-refractivity contribution is 5.87. The van der Waals surface area contributed by atoms with Crippen LogP contribution in [0.4, 0.5) is 4.39 Å². The lowest BCUT2D eigenvalue weighted by molar-refractivity contribution is -0.141. The third kappa shape index (κ3) is 5.24. The van der Waals surface area contributed by atoms with Gasteiger partial charge in [-0.2, -0.15) is 5.10 Å². The predicted molar refractivity (Wildman–Crippen MR) is 138 cm³/mol. The molecule has 0 atom stereocenters. The van der Waals surface area contributed by atoms with Gasteiger partial charge in [0.2, 0.25) is 11.8 Å². The zero-order valence-electron chi connectivity index (χ0n) is 21.1. The first-order valence-electron chi connectivity index (χ1n) is 12.9. The number of carbonyl (C=O) groups excluding carboxylic acids is 2. The maximum Gasteiger partial charge on any atom is 0.264 e. The number of amides is 2. The molecule has 0 unspecified atom stereocenters. The first-order valence-corrected chi connectivity index (χ1v) is 12.9. The summed E-state index contributed by atoms with van der Waals surface area (Å²) in [5, 5.41) is 18.7. The minimum atomic E-state index is -1.14. The lowest BCUT2D eigenvalue weighted by Gasteiger charge is -2.40. The minimum absolute atomic E-state index is 0.0621. The molecular formula is C27H31FN6O4. The molecule has 11 heteroatoms. The molecule has 2 aliphatic rings. The van der Waals surface area contributed by atoms with Gasteiger partial charge in [-0.25, -0.2) is 14.1 Å². The molecule has 1 saturated carbocycles. The summed E-state index contributed by atoms with van der Waals surface area (Å²) in [6, 6.07) is 5.80. The van der Waals surface area contributed by atoms with Gasteiger partial charge in [-0.3, -0.25) is 19.0 Å². The Hall–Kier alpha value is -3.86. The number of aliphatic hydroxyl groups is 1. The summed E-state index contributed by atoms with van der Waals surface area (Å²) in [5.41, 5.74) is -0.536. The van der Waals surface area contributed by atoms with E-state index in [1.165, 1.54) is 40.0 Å². The number of benzene rings is 1. The number of carbonyl (C=O) groups is 2. The zero-order valence-corrected chi connectivity index (χ0v) is 21.1. The number of halogens is 1. The Morgan fingerprint density at radius 3 is 2.50 bits per heavy atom. The molecule has 5 rings (SSSR count). The molecule has 3 aromatic rings. The lowest BCUT2D eigenvalue weighted by atomic mass is 9.84. The van der Waals surface area contributed by atoms with E-state index >= 15 is 0 Å². The molecule has 2 fully saturated rings. The van der Waals surface area contributed by atoms with E-state index in [1.807, 2.05) is 0 Å². The van der Waals surface area contributed by atoms with Crippen LogP contribution in [0.3, 0.4) is 0 Å². The van der Waals surface area contributed by atoms with Gasteiger partial charge in [0.25, 0.3) is 5.56 Å². The molecule has 0 radical (unpaired) electrons. The molecule has 2 N–H and O–H groups in total. The van der Waals surface area contributed by atoms with Gasteiger partial charge in [-0.1, -0.05) is 6.58 Å². The summed E-state index contributed by atoms with van der Waals surface area (Å²) < 4.78 is 16.1. The van der Waals surface area contributed by atoms with Crippen molar-refractivity contribution < 1.29 is 19.1 Å². The number of hydrogen-bond acceptors (Lipinski definition) is 6. The fourth-order valence-electron chi connectivity index (χ4n) is 5.45. The SMILES string of the molecule is C=CC(=O)N[C@H]1CC[C@@H](C(=O)N2CCC(O)(Cn3cnc4c(cnn4-c4ccc(F)cc4)c3=O)CC2)CC1. The number of fused-ring (bicyclic) bond motifs is 1. The van der Waals surface area contributed by atoms with Crippen LogP contribution in [0.25, 0.3) is 16.7 Å². The van der Waals surface area contributed by atoms with Gasteiger partial charge in [0.05, 0.1) is 24.0 Å². The highest BCUT2D eigenvalue weighted by atomic mass is 19.1. The van der Waals surface area contributed by atoms with Crippen molar-refractivity contribution in [3.8, 4) is 5.69 Å². The number of nitrogens with zero attached hydrogens (tertiary/aromatic N) is 5. The molecule has 200 valence electrons. The van der Waals surface area contributed by atoms with Crippen molar-refractivity contribution in [2.24, 2.45) is 5.92 Å². The van der Waals surface area contributed by atoms with Crippen molar-refractivity contribution in [1.29, 1.82) is 0 Å². The van der Waals surface area contributed by atoms with Crippen molar-refractivity contribution >= 4 is 22.8 Å². The van der Waals surface area contributed by atoms with Gasteiger partial charge >= 0.3 is 0 Å². The van der Waals surface area contributed by atoms with Crippen LogP contribution in [0.15, 0.2) is 54.2 Å². The molecule has 1 aromatic carbocycles. The lowest BCUT2D eigenvalue weighted by Crippen LogP contribution is -2.51. The van der Waals surface area contributed by atoms with E-state index in [1.54, 1.807) is 17.0 Å². The van der Waals surface area contributed by atoms with E-state index in [9.17, 15) is 23.9 Å². The summed E-state index contributed by atoms with van der Waals surface area (Å²) >= 11 is 0. The standard InChI is InChI=1S/C27H31FN6O4/c1-2-23(35)31-20-7-3-18(4-8-20)25(36)32-13-11-27(38,12-14-32)16-33-17-29-24-22(26(33)37)15-30-34(24)21-9-5-19(28)6-10-21/h2,5-6,9-10,15,17-18,20,38H,1,3-4,7-8,11-14,16H2,(H,31,35)/t18-,20+. The normalized spacial score (nSPS) is 21.3. The Kier molecular flexibility index (Phi) is 7.11. The van der Waals surface area contributed by atoms with Gasteiger partial charge in [0, 0.05) is 25.0 Å². The van der Waals surface area contributed by atoms with Crippen LogP contribution in [-0.4, -0.2) is 65.9 Å². The van der Waals surface area contributed by atoms with E-state index in [-0.39, 0.29) is 41.7 Å². The summed E-state index contributed by atoms with van der Waals surface area (Å²) in [5.74, 6) is -0.549. The second-order valence-corrected chi connectivity index (χ2v) is 10.3. The Labute approximate surface area is 218 Å². The van der Waals surface area contributed by atoms with Crippen LogP contribution in [0.2, 0.25) is 0 Å². The van der Waals surface area contributed by atoms with E-state index < -0.39 is 5.60 Å². The second-order valence-electron chi connectivity index (χ2n) is 10.3. The summed E-state index contributed by atoms with van der Waals surface area (Å²) in [6.45, 7) is 4.36. The summed E-state index contributed by atoms with van der Waals surface area (Å²) in [7, 11) is 0. The van der Waals surface area contributed by atoms with Gasteiger partial charge in [0.1, 0.15) is 17.5 Å². The van der Waals surface area contributed by atoms with E-state index in [2.05, 4.69) is 22.0 Å². The fourth-order valence-corrected chi connectivity index (χ4v) is 5.45. The first kappa shape index (κ1) is 25.8. The average molecular weight is 523 g/mol. The third-order valence-corrected chi connectivity index (χ3v) is 7.70. The van der Waals surface area contributed by atoms with Crippen LogP contribution in [0.5, 0.6) is 0 Å². The maximum atomic E-state index is 13.3.